The first kappa shape index (κ1) is 22.0. The van der Waals surface area contributed by atoms with Crippen LogP contribution in [0.2, 0.25) is 0 Å². The molecule has 1 atom stereocenters. The number of carbonyl (C=O) groups is 2. The molecule has 4 heterocycles. The number of nitrogens with zero attached hydrogens (tertiary/aromatic N) is 5. The summed E-state index contributed by atoms with van der Waals surface area (Å²) in [6, 6.07) is 4.84. The SMILES string of the molecule is CN(C(=O)c1csc(C2CCN(C(=O)c3ccc4nonc4c3)CC2)n1)C1CCS(=O)(=O)C1. The Labute approximate surface area is 194 Å². The van der Waals surface area contributed by atoms with E-state index in [0.29, 0.717) is 41.8 Å². The fourth-order valence-electron chi connectivity index (χ4n) is 4.43. The van der Waals surface area contributed by atoms with E-state index < -0.39 is 9.84 Å². The Morgan fingerprint density at radius 2 is 1.91 bits per heavy atom. The van der Waals surface area contributed by atoms with Gasteiger partial charge in [0.2, 0.25) is 0 Å². The maximum atomic E-state index is 12.9. The molecule has 0 radical (unpaired) electrons. The Morgan fingerprint density at radius 1 is 1.15 bits per heavy atom. The van der Waals surface area contributed by atoms with E-state index in [1.165, 1.54) is 16.2 Å². The van der Waals surface area contributed by atoms with Gasteiger partial charge in [-0.2, -0.15) is 0 Å². The van der Waals surface area contributed by atoms with Gasteiger partial charge in [-0.05, 0) is 47.8 Å². The van der Waals surface area contributed by atoms with Gasteiger partial charge in [-0.3, -0.25) is 9.59 Å². The molecule has 0 bridgehead atoms. The van der Waals surface area contributed by atoms with E-state index >= 15 is 0 Å². The molecule has 12 heteroatoms. The van der Waals surface area contributed by atoms with Gasteiger partial charge in [0.25, 0.3) is 11.8 Å². The number of benzene rings is 1. The summed E-state index contributed by atoms with van der Waals surface area (Å²) in [5, 5.41) is 10.2. The third-order valence-corrected chi connectivity index (χ3v) is 9.21. The molecule has 3 aromatic rings. The van der Waals surface area contributed by atoms with E-state index in [2.05, 4.69) is 15.3 Å². The minimum Gasteiger partial charge on any atom is -0.339 e. The van der Waals surface area contributed by atoms with Gasteiger partial charge in [-0.15, -0.1) is 11.3 Å². The molecule has 2 aliphatic heterocycles. The smallest absolute Gasteiger partial charge is 0.273 e. The minimum absolute atomic E-state index is 0.0127. The van der Waals surface area contributed by atoms with Crippen LogP contribution < -0.4 is 0 Å². The summed E-state index contributed by atoms with van der Waals surface area (Å²) in [5.41, 5.74) is 2.07. The largest absolute Gasteiger partial charge is 0.339 e. The number of likely N-dealkylation sites (tertiary alicyclic amines) is 1. The fraction of sp³-hybridized carbons (Fsp3) is 0.476. The standard InChI is InChI=1S/C21H23N5O5S2/c1-25(15-6-9-33(29,30)12-15)21(28)18-11-32-19(22-18)13-4-7-26(8-5-13)20(27)14-2-3-16-17(10-14)24-31-23-16/h2-3,10-11,13,15H,4-9,12H2,1H3. The average molecular weight is 490 g/mol. The van der Waals surface area contributed by atoms with E-state index in [1.54, 1.807) is 30.6 Å². The van der Waals surface area contributed by atoms with Gasteiger partial charge in [0.15, 0.2) is 9.84 Å². The van der Waals surface area contributed by atoms with Crippen LogP contribution >= 0.6 is 11.3 Å². The monoisotopic (exact) mass is 489 g/mol. The lowest BCUT2D eigenvalue weighted by Gasteiger charge is -2.31. The zero-order valence-electron chi connectivity index (χ0n) is 18.0. The summed E-state index contributed by atoms with van der Waals surface area (Å²) in [6.45, 7) is 1.20. The van der Waals surface area contributed by atoms with Crippen LogP contribution in [0.1, 0.15) is 51.0 Å². The molecule has 0 N–H and O–H groups in total. The summed E-state index contributed by atoms with van der Waals surface area (Å²) in [5.74, 6) is 0.0169. The number of carbonyl (C=O) groups excluding carboxylic acids is 2. The topological polar surface area (TPSA) is 127 Å². The van der Waals surface area contributed by atoms with E-state index in [4.69, 9.17) is 4.63 Å². The summed E-state index contributed by atoms with van der Waals surface area (Å²) in [4.78, 5) is 33.6. The van der Waals surface area contributed by atoms with Crippen molar-refractivity contribution in [3.8, 4) is 0 Å². The minimum atomic E-state index is -3.06. The lowest BCUT2D eigenvalue weighted by atomic mass is 9.97. The lowest BCUT2D eigenvalue weighted by molar-refractivity contribution is 0.0713. The van der Waals surface area contributed by atoms with Crippen molar-refractivity contribution in [1.82, 2.24) is 25.1 Å². The number of sulfone groups is 1. The highest BCUT2D eigenvalue weighted by Gasteiger charge is 2.34. The van der Waals surface area contributed by atoms with Crippen LogP contribution in [0.5, 0.6) is 0 Å². The van der Waals surface area contributed by atoms with Gasteiger partial charge in [-0.1, -0.05) is 0 Å². The first-order chi connectivity index (χ1) is 15.8. The number of hydrogen-bond donors (Lipinski definition) is 0. The van der Waals surface area contributed by atoms with E-state index in [9.17, 15) is 18.0 Å². The molecular weight excluding hydrogens is 466 g/mol. The number of amides is 2. The molecule has 2 amide bonds. The van der Waals surface area contributed by atoms with Crippen LogP contribution in [-0.4, -0.2) is 83.0 Å². The average Bonchev–Trinajstić information content (AvgIpc) is 3.56. The predicted octanol–water partition coefficient (Wildman–Crippen LogP) is 1.96. The van der Waals surface area contributed by atoms with Crippen molar-refractivity contribution in [1.29, 1.82) is 0 Å². The van der Waals surface area contributed by atoms with E-state index in [0.717, 1.165) is 17.8 Å². The summed E-state index contributed by atoms with van der Waals surface area (Å²) in [7, 11) is -1.42. The zero-order valence-corrected chi connectivity index (χ0v) is 19.6. The van der Waals surface area contributed by atoms with Crippen molar-refractivity contribution in [3.05, 3.63) is 39.8 Å². The second-order valence-corrected chi connectivity index (χ2v) is 11.7. The fourth-order valence-corrected chi connectivity index (χ4v) is 7.17. The van der Waals surface area contributed by atoms with Crippen molar-refractivity contribution < 1.29 is 22.6 Å². The molecule has 0 saturated carbocycles. The van der Waals surface area contributed by atoms with E-state index in [-0.39, 0.29) is 35.3 Å². The highest BCUT2D eigenvalue weighted by Crippen LogP contribution is 2.31. The highest BCUT2D eigenvalue weighted by molar-refractivity contribution is 7.91. The molecule has 0 aliphatic carbocycles. The Balaban J connectivity index is 1.20. The van der Waals surface area contributed by atoms with Gasteiger partial charge in [0, 0.05) is 43.0 Å². The number of rotatable bonds is 4. The van der Waals surface area contributed by atoms with Crippen molar-refractivity contribution in [3.63, 3.8) is 0 Å². The summed E-state index contributed by atoms with van der Waals surface area (Å²) >= 11 is 1.45. The second kappa shape index (κ2) is 8.49. The second-order valence-electron chi connectivity index (χ2n) is 8.58. The predicted molar refractivity (Wildman–Crippen MR) is 121 cm³/mol. The molecule has 0 spiro atoms. The lowest BCUT2D eigenvalue weighted by Crippen LogP contribution is -2.38. The summed E-state index contributed by atoms with van der Waals surface area (Å²) < 4.78 is 28.2. The highest BCUT2D eigenvalue weighted by atomic mass is 32.2. The Kier molecular flexibility index (Phi) is 5.65. The molecule has 1 unspecified atom stereocenters. The van der Waals surface area contributed by atoms with Crippen LogP contribution in [0.15, 0.2) is 28.2 Å². The van der Waals surface area contributed by atoms with Crippen molar-refractivity contribution in [2.75, 3.05) is 31.6 Å². The number of piperidine rings is 1. The maximum absolute atomic E-state index is 12.9. The molecule has 10 nitrogen and oxygen atoms in total. The number of aromatic nitrogens is 3. The number of thiazole rings is 1. The molecule has 1 aromatic carbocycles. The zero-order chi connectivity index (χ0) is 23.2. The Morgan fingerprint density at radius 3 is 2.64 bits per heavy atom. The Hall–Kier alpha value is -2.86. The molecular formula is C21H23N5O5S2. The third-order valence-electron chi connectivity index (χ3n) is 6.45. The van der Waals surface area contributed by atoms with Crippen LogP contribution in [0.3, 0.4) is 0 Å². The summed E-state index contributed by atoms with van der Waals surface area (Å²) in [6.07, 6.45) is 1.99. The normalized spacial score (nSPS) is 20.9. The maximum Gasteiger partial charge on any atom is 0.273 e. The first-order valence-electron chi connectivity index (χ1n) is 10.8. The van der Waals surface area contributed by atoms with Crippen molar-refractivity contribution in [2.45, 2.75) is 31.2 Å². The van der Waals surface area contributed by atoms with Crippen LogP contribution in [0.4, 0.5) is 0 Å². The molecule has 174 valence electrons. The number of hydrogen-bond acceptors (Lipinski definition) is 9. The van der Waals surface area contributed by atoms with E-state index in [1.807, 2.05) is 4.90 Å². The van der Waals surface area contributed by atoms with Crippen molar-refractivity contribution >= 4 is 44.0 Å². The molecule has 2 aliphatic rings. The van der Waals surface area contributed by atoms with Gasteiger partial charge < -0.3 is 9.80 Å². The third kappa shape index (κ3) is 4.36. The Bertz CT molecular complexity index is 1310. The number of fused-ring (bicyclic) bond motifs is 1. The van der Waals surface area contributed by atoms with Gasteiger partial charge in [0.05, 0.1) is 16.5 Å². The van der Waals surface area contributed by atoms with Crippen LogP contribution in [-0.2, 0) is 9.84 Å². The molecule has 2 aromatic heterocycles. The molecule has 5 rings (SSSR count). The van der Waals surface area contributed by atoms with Crippen LogP contribution in [0.25, 0.3) is 11.0 Å². The molecule has 33 heavy (non-hydrogen) atoms. The van der Waals surface area contributed by atoms with Crippen LogP contribution in [0, 0.1) is 0 Å². The molecule has 2 saturated heterocycles. The van der Waals surface area contributed by atoms with Gasteiger partial charge in [-0.25, -0.2) is 18.0 Å². The van der Waals surface area contributed by atoms with Gasteiger partial charge >= 0.3 is 0 Å². The van der Waals surface area contributed by atoms with Crippen molar-refractivity contribution in [2.24, 2.45) is 0 Å². The first-order valence-corrected chi connectivity index (χ1v) is 13.5. The quantitative estimate of drug-likeness (QED) is 0.544. The molecule has 2 fully saturated rings. The van der Waals surface area contributed by atoms with Gasteiger partial charge in [0.1, 0.15) is 16.7 Å².